The third-order valence-corrected chi connectivity index (χ3v) is 8.96. The van der Waals surface area contributed by atoms with Gasteiger partial charge in [-0.1, -0.05) is 146 Å². The molecule has 0 N–H and O–H groups in total. The van der Waals surface area contributed by atoms with Crippen molar-refractivity contribution in [3.05, 3.63) is 168 Å². The Balaban J connectivity index is 1.49. The highest BCUT2D eigenvalue weighted by molar-refractivity contribution is 6.20. The van der Waals surface area contributed by atoms with Crippen LogP contribution in [0.3, 0.4) is 0 Å². The fourth-order valence-electron chi connectivity index (χ4n) is 7.00. The molecule has 7 aromatic carbocycles. The van der Waals surface area contributed by atoms with Crippen molar-refractivity contribution >= 4 is 38.2 Å². The molecule has 0 saturated heterocycles. The quantitative estimate of drug-likeness (QED) is 0.210. The standard InChI is InChI=1S/C42H26N2O/c45-42-34-25-24-31(27-14-5-1-6-15-27)32-22-13-23-33(39(32)34)41-43-40-36(44(41)42)26-35(28-16-7-2-8-17-28)37(29-18-9-3-10-19-29)38(40)30-20-11-4-12-21-30/h1-26H. The van der Waals surface area contributed by atoms with E-state index in [0.717, 1.165) is 71.7 Å². The van der Waals surface area contributed by atoms with Gasteiger partial charge in [0.25, 0.3) is 5.56 Å². The van der Waals surface area contributed by atoms with Crippen molar-refractivity contribution in [2.75, 3.05) is 0 Å². The molecule has 0 bridgehead atoms. The Hall–Kier alpha value is -6.06. The second kappa shape index (κ2) is 10.0. The third-order valence-electron chi connectivity index (χ3n) is 8.96. The molecule has 3 nitrogen and oxygen atoms in total. The molecule has 0 aliphatic heterocycles. The molecule has 0 aliphatic rings. The smallest absolute Gasteiger partial charge is 0.264 e. The molecule has 9 rings (SSSR count). The van der Waals surface area contributed by atoms with Gasteiger partial charge in [0.15, 0.2) is 0 Å². The van der Waals surface area contributed by atoms with Crippen LogP contribution in [0.4, 0.5) is 0 Å². The molecular weight excluding hydrogens is 548 g/mol. The lowest BCUT2D eigenvalue weighted by Crippen LogP contribution is -2.13. The number of hydrogen-bond acceptors (Lipinski definition) is 2. The fraction of sp³-hybridized carbons (Fsp3) is 0. The van der Waals surface area contributed by atoms with E-state index in [2.05, 4.69) is 127 Å². The number of benzene rings is 7. The van der Waals surface area contributed by atoms with Crippen molar-refractivity contribution in [2.24, 2.45) is 0 Å². The molecule has 0 spiro atoms. The molecule has 0 atom stereocenters. The van der Waals surface area contributed by atoms with Crippen LogP contribution < -0.4 is 5.56 Å². The second-order valence-electron chi connectivity index (χ2n) is 11.5. The summed E-state index contributed by atoms with van der Waals surface area (Å²) in [6.07, 6.45) is 0. The van der Waals surface area contributed by atoms with Gasteiger partial charge in [-0.05, 0) is 56.5 Å². The van der Waals surface area contributed by atoms with Crippen molar-refractivity contribution in [1.82, 2.24) is 9.38 Å². The van der Waals surface area contributed by atoms with Crippen LogP contribution in [0.2, 0.25) is 0 Å². The predicted octanol–water partition coefficient (Wildman–Crippen LogP) is 10.3. The van der Waals surface area contributed by atoms with Gasteiger partial charge in [0.1, 0.15) is 5.65 Å². The zero-order chi connectivity index (χ0) is 29.9. The summed E-state index contributed by atoms with van der Waals surface area (Å²) in [6.45, 7) is 0. The van der Waals surface area contributed by atoms with E-state index < -0.39 is 0 Å². The molecule has 0 saturated carbocycles. The van der Waals surface area contributed by atoms with Gasteiger partial charge in [-0.3, -0.25) is 9.20 Å². The molecule has 210 valence electrons. The monoisotopic (exact) mass is 574 g/mol. The number of fused-ring (bicyclic) bond motifs is 4. The van der Waals surface area contributed by atoms with E-state index in [0.29, 0.717) is 11.0 Å². The van der Waals surface area contributed by atoms with Crippen LogP contribution in [0.5, 0.6) is 0 Å². The number of rotatable bonds is 4. The highest BCUT2D eigenvalue weighted by atomic mass is 16.1. The van der Waals surface area contributed by atoms with Gasteiger partial charge in [-0.25, -0.2) is 4.98 Å². The van der Waals surface area contributed by atoms with Crippen LogP contribution in [0.15, 0.2) is 163 Å². The van der Waals surface area contributed by atoms with Gasteiger partial charge in [0.2, 0.25) is 0 Å². The fourth-order valence-corrected chi connectivity index (χ4v) is 7.00. The van der Waals surface area contributed by atoms with Crippen LogP contribution in [0, 0.1) is 0 Å². The average Bonchev–Trinajstić information content (AvgIpc) is 3.51. The van der Waals surface area contributed by atoms with E-state index >= 15 is 0 Å². The van der Waals surface area contributed by atoms with Gasteiger partial charge in [-0.15, -0.1) is 0 Å². The predicted molar refractivity (Wildman–Crippen MR) is 187 cm³/mol. The number of pyridine rings is 1. The van der Waals surface area contributed by atoms with Crippen LogP contribution in [0.25, 0.3) is 82.7 Å². The second-order valence-corrected chi connectivity index (χ2v) is 11.5. The summed E-state index contributed by atoms with van der Waals surface area (Å²) in [4.78, 5) is 20.0. The SMILES string of the molecule is O=c1c2ccc(-c3ccccc3)c3cccc(c32)c2nc3c(-c4ccccc4)c(-c4ccccc4)c(-c4ccccc4)cc3n12. The lowest BCUT2D eigenvalue weighted by molar-refractivity contribution is 1.19. The Morgan fingerprint density at radius 1 is 0.444 bits per heavy atom. The average molecular weight is 575 g/mol. The van der Waals surface area contributed by atoms with Gasteiger partial charge < -0.3 is 0 Å². The van der Waals surface area contributed by atoms with E-state index in [-0.39, 0.29) is 5.56 Å². The molecule has 0 radical (unpaired) electrons. The number of nitrogens with zero attached hydrogens (tertiary/aromatic N) is 2. The maximum absolute atomic E-state index is 14.6. The summed E-state index contributed by atoms with van der Waals surface area (Å²) in [5, 5.41) is 3.68. The van der Waals surface area contributed by atoms with Crippen molar-refractivity contribution in [3.8, 4) is 44.5 Å². The lowest BCUT2D eigenvalue weighted by Gasteiger charge is -2.17. The van der Waals surface area contributed by atoms with Gasteiger partial charge in [-0.2, -0.15) is 0 Å². The van der Waals surface area contributed by atoms with E-state index in [1.54, 1.807) is 0 Å². The molecule has 0 unspecified atom stereocenters. The first-order chi connectivity index (χ1) is 22.3. The van der Waals surface area contributed by atoms with Crippen molar-refractivity contribution < 1.29 is 0 Å². The Kier molecular flexibility index (Phi) is 5.66. The Morgan fingerprint density at radius 3 is 1.60 bits per heavy atom. The molecule has 0 aliphatic carbocycles. The first-order valence-electron chi connectivity index (χ1n) is 15.2. The van der Waals surface area contributed by atoms with Crippen molar-refractivity contribution in [2.45, 2.75) is 0 Å². The summed E-state index contributed by atoms with van der Waals surface area (Å²) in [7, 11) is 0. The molecular formula is C42H26N2O. The highest BCUT2D eigenvalue weighted by Crippen LogP contribution is 2.45. The molecule has 2 aromatic heterocycles. The van der Waals surface area contributed by atoms with E-state index in [9.17, 15) is 4.79 Å². The van der Waals surface area contributed by atoms with Crippen molar-refractivity contribution in [1.29, 1.82) is 0 Å². The van der Waals surface area contributed by atoms with E-state index in [4.69, 9.17) is 4.98 Å². The molecule has 0 fully saturated rings. The third kappa shape index (κ3) is 3.84. The Labute approximate surface area is 259 Å². The highest BCUT2D eigenvalue weighted by Gasteiger charge is 2.24. The van der Waals surface area contributed by atoms with Gasteiger partial charge in [0.05, 0.1) is 11.0 Å². The summed E-state index contributed by atoms with van der Waals surface area (Å²) in [6, 6.07) is 54.3. The number of imidazole rings is 1. The molecule has 45 heavy (non-hydrogen) atoms. The molecule has 2 heterocycles. The minimum absolute atomic E-state index is 0.0544. The zero-order valence-corrected chi connectivity index (χ0v) is 24.3. The summed E-state index contributed by atoms with van der Waals surface area (Å²) < 4.78 is 1.84. The first kappa shape index (κ1) is 25.4. The normalized spacial score (nSPS) is 11.6. The Bertz CT molecular complexity index is 2570. The number of hydrogen-bond donors (Lipinski definition) is 0. The van der Waals surface area contributed by atoms with Crippen LogP contribution in [-0.4, -0.2) is 9.38 Å². The van der Waals surface area contributed by atoms with Gasteiger partial charge in [0, 0.05) is 21.7 Å². The minimum Gasteiger partial charge on any atom is -0.268 e. The van der Waals surface area contributed by atoms with E-state index in [1.165, 1.54) is 0 Å². The lowest BCUT2D eigenvalue weighted by atomic mass is 9.86. The van der Waals surface area contributed by atoms with Crippen LogP contribution >= 0.6 is 0 Å². The van der Waals surface area contributed by atoms with Crippen molar-refractivity contribution in [3.63, 3.8) is 0 Å². The maximum atomic E-state index is 14.6. The summed E-state index contributed by atoms with van der Waals surface area (Å²) >= 11 is 0. The minimum atomic E-state index is -0.0544. The van der Waals surface area contributed by atoms with Gasteiger partial charge >= 0.3 is 0 Å². The topological polar surface area (TPSA) is 34.4 Å². The molecule has 3 heteroatoms. The Morgan fingerprint density at radius 2 is 0.978 bits per heavy atom. The largest absolute Gasteiger partial charge is 0.268 e. The summed E-state index contributed by atoms with van der Waals surface area (Å²) in [5.41, 5.74) is 10.9. The number of aromatic nitrogens is 2. The molecule has 0 amide bonds. The van der Waals surface area contributed by atoms with Crippen LogP contribution in [0.1, 0.15) is 0 Å². The zero-order valence-electron chi connectivity index (χ0n) is 24.3. The maximum Gasteiger partial charge on any atom is 0.264 e. The van der Waals surface area contributed by atoms with Crippen LogP contribution in [-0.2, 0) is 0 Å². The summed E-state index contributed by atoms with van der Waals surface area (Å²) in [5.74, 6) is 0. The first-order valence-corrected chi connectivity index (χ1v) is 15.2. The van der Waals surface area contributed by atoms with E-state index in [1.807, 2.05) is 34.7 Å². The molecule has 9 aromatic rings.